The average Bonchev–Trinajstić information content (AvgIpc) is 3.21. The van der Waals surface area contributed by atoms with Crippen molar-refractivity contribution in [2.24, 2.45) is 17.8 Å². The van der Waals surface area contributed by atoms with Gasteiger partial charge in [0.1, 0.15) is 6.54 Å². The lowest BCUT2D eigenvalue weighted by molar-refractivity contribution is -0.137. The first-order valence-corrected chi connectivity index (χ1v) is 6.80. The number of amides is 2. The van der Waals surface area contributed by atoms with Crippen LogP contribution in [0, 0.1) is 30.1 Å². The van der Waals surface area contributed by atoms with Crippen molar-refractivity contribution in [3.63, 3.8) is 0 Å². The first-order valence-electron chi connectivity index (χ1n) is 6.80. The van der Waals surface area contributed by atoms with Gasteiger partial charge in [0.25, 0.3) is 0 Å². The van der Waals surface area contributed by atoms with E-state index in [-0.39, 0.29) is 19.1 Å². The number of carboxylic acids is 1. The topological polar surface area (TPSA) is 69.6 Å². The molecule has 2 rings (SSSR count). The highest BCUT2D eigenvalue weighted by Gasteiger charge is 2.41. The fourth-order valence-corrected chi connectivity index (χ4v) is 2.56. The van der Waals surface area contributed by atoms with Crippen LogP contribution in [0.2, 0.25) is 0 Å². The van der Waals surface area contributed by atoms with Gasteiger partial charge >= 0.3 is 12.0 Å². The Balaban J connectivity index is 1.80. The fraction of sp³-hybridized carbons (Fsp3) is 0.714. The molecule has 0 bridgehead atoms. The van der Waals surface area contributed by atoms with E-state index >= 15 is 0 Å². The van der Waals surface area contributed by atoms with Crippen LogP contribution >= 0.6 is 0 Å². The van der Waals surface area contributed by atoms with Crippen molar-refractivity contribution in [3.8, 4) is 12.3 Å². The normalized spacial score (nSPS) is 17.9. The van der Waals surface area contributed by atoms with Gasteiger partial charge < -0.3 is 15.3 Å². The summed E-state index contributed by atoms with van der Waals surface area (Å²) >= 11 is 0. The highest BCUT2D eigenvalue weighted by atomic mass is 16.4. The van der Waals surface area contributed by atoms with E-state index in [4.69, 9.17) is 11.5 Å². The molecule has 0 unspecified atom stereocenters. The van der Waals surface area contributed by atoms with Crippen LogP contribution in [-0.4, -0.2) is 41.6 Å². The number of carbonyl (C=O) groups is 2. The van der Waals surface area contributed by atoms with Gasteiger partial charge in [-0.05, 0) is 43.4 Å². The van der Waals surface area contributed by atoms with Crippen LogP contribution in [0.4, 0.5) is 4.79 Å². The van der Waals surface area contributed by atoms with Gasteiger partial charge in [-0.2, -0.15) is 0 Å². The minimum atomic E-state index is -1.05. The Morgan fingerprint density at radius 3 is 2.32 bits per heavy atom. The molecule has 2 saturated carbocycles. The zero-order valence-corrected chi connectivity index (χ0v) is 11.0. The maximum Gasteiger partial charge on any atom is 0.323 e. The number of terminal acetylenes is 1. The number of hydrogen-bond acceptors (Lipinski definition) is 2. The van der Waals surface area contributed by atoms with Crippen molar-refractivity contribution in [1.82, 2.24) is 10.2 Å². The van der Waals surface area contributed by atoms with Crippen LogP contribution < -0.4 is 5.32 Å². The summed E-state index contributed by atoms with van der Waals surface area (Å²) in [5.74, 6) is 3.35. The second-order valence-corrected chi connectivity index (χ2v) is 5.48. The smallest absolute Gasteiger partial charge is 0.323 e. The van der Waals surface area contributed by atoms with Crippen molar-refractivity contribution in [2.75, 3.05) is 19.6 Å². The summed E-state index contributed by atoms with van der Waals surface area (Å²) in [4.78, 5) is 23.7. The van der Waals surface area contributed by atoms with Crippen molar-refractivity contribution < 1.29 is 14.7 Å². The number of urea groups is 1. The molecule has 0 saturated heterocycles. The number of rotatable bonds is 7. The van der Waals surface area contributed by atoms with Crippen LogP contribution in [0.3, 0.4) is 0 Å². The van der Waals surface area contributed by atoms with Gasteiger partial charge in [0, 0.05) is 6.54 Å². The summed E-state index contributed by atoms with van der Waals surface area (Å²) in [5.41, 5.74) is 0. The molecule has 2 amide bonds. The highest BCUT2D eigenvalue weighted by Crippen LogP contribution is 2.48. The zero-order valence-electron chi connectivity index (χ0n) is 11.0. The molecule has 0 aromatic rings. The van der Waals surface area contributed by atoms with Gasteiger partial charge in [-0.1, -0.05) is 5.92 Å². The minimum absolute atomic E-state index is 0.0235. The van der Waals surface area contributed by atoms with Crippen molar-refractivity contribution in [2.45, 2.75) is 25.7 Å². The Bertz CT molecular complexity index is 382. The third-order valence-corrected chi connectivity index (χ3v) is 3.84. The van der Waals surface area contributed by atoms with Gasteiger partial charge in [-0.25, -0.2) is 4.79 Å². The second-order valence-electron chi connectivity index (χ2n) is 5.48. The van der Waals surface area contributed by atoms with Crippen molar-refractivity contribution in [3.05, 3.63) is 0 Å². The van der Waals surface area contributed by atoms with Gasteiger partial charge in [0.05, 0.1) is 6.54 Å². The molecular formula is C14H20N2O3. The Labute approximate surface area is 113 Å². The molecule has 5 nitrogen and oxygen atoms in total. The third-order valence-electron chi connectivity index (χ3n) is 3.84. The number of aliphatic carboxylic acids is 1. The van der Waals surface area contributed by atoms with Gasteiger partial charge in [0.15, 0.2) is 0 Å². The van der Waals surface area contributed by atoms with E-state index in [0.717, 1.165) is 16.7 Å². The van der Waals surface area contributed by atoms with Gasteiger partial charge in [-0.15, -0.1) is 6.42 Å². The van der Waals surface area contributed by atoms with E-state index in [1.165, 1.54) is 25.7 Å². The average molecular weight is 264 g/mol. The standard InChI is InChI=1S/C14H20N2O3/c1-2-7-16(9-13(17)18)14(19)15-8-12(10-3-4-10)11-5-6-11/h1,10-12H,3-9H2,(H,15,19)(H,17,18). The number of hydrogen-bond donors (Lipinski definition) is 2. The van der Waals surface area contributed by atoms with Crippen LogP contribution in [0.15, 0.2) is 0 Å². The Morgan fingerprint density at radius 2 is 1.89 bits per heavy atom. The van der Waals surface area contributed by atoms with E-state index in [1.807, 2.05) is 0 Å². The Morgan fingerprint density at radius 1 is 1.32 bits per heavy atom. The maximum absolute atomic E-state index is 11.9. The lowest BCUT2D eigenvalue weighted by Crippen LogP contribution is -2.44. The predicted octanol–water partition coefficient (Wildman–Crippen LogP) is 1.15. The molecule has 0 radical (unpaired) electrons. The summed E-state index contributed by atoms with van der Waals surface area (Å²) < 4.78 is 0. The van der Waals surface area contributed by atoms with Gasteiger partial charge in [-0.3, -0.25) is 4.79 Å². The molecule has 2 aliphatic carbocycles. The summed E-state index contributed by atoms with van der Waals surface area (Å²) in [7, 11) is 0. The van der Waals surface area contributed by atoms with E-state index in [2.05, 4.69) is 11.2 Å². The second kappa shape index (κ2) is 5.96. The number of carboxylic acid groups (broad SMARTS) is 1. The summed E-state index contributed by atoms with van der Waals surface area (Å²) in [6.45, 7) is 0.318. The molecule has 0 heterocycles. The predicted molar refractivity (Wildman–Crippen MR) is 70.4 cm³/mol. The van der Waals surface area contributed by atoms with E-state index in [1.54, 1.807) is 0 Å². The van der Waals surface area contributed by atoms with Crippen molar-refractivity contribution >= 4 is 12.0 Å². The Hall–Kier alpha value is -1.70. The summed E-state index contributed by atoms with van der Waals surface area (Å²) in [5, 5.41) is 11.6. The lowest BCUT2D eigenvalue weighted by atomic mass is 9.98. The van der Waals surface area contributed by atoms with E-state index < -0.39 is 5.97 Å². The molecule has 19 heavy (non-hydrogen) atoms. The minimum Gasteiger partial charge on any atom is -0.480 e. The van der Waals surface area contributed by atoms with E-state index in [0.29, 0.717) is 12.5 Å². The highest BCUT2D eigenvalue weighted by molar-refractivity contribution is 5.80. The van der Waals surface area contributed by atoms with Crippen LogP contribution in [0.5, 0.6) is 0 Å². The quantitative estimate of drug-likeness (QED) is 0.678. The number of carbonyl (C=O) groups excluding carboxylic acids is 1. The first-order chi connectivity index (χ1) is 9.11. The molecule has 5 heteroatoms. The molecule has 2 fully saturated rings. The summed E-state index contributed by atoms with van der Waals surface area (Å²) in [6.07, 6.45) is 10.2. The molecule has 0 aromatic carbocycles. The van der Waals surface area contributed by atoms with Crippen LogP contribution in [0.25, 0.3) is 0 Å². The molecule has 104 valence electrons. The number of nitrogens with one attached hydrogen (secondary N) is 1. The molecule has 2 N–H and O–H groups in total. The first kappa shape index (κ1) is 13.7. The lowest BCUT2D eigenvalue weighted by Gasteiger charge is -2.21. The molecule has 0 aromatic heterocycles. The van der Waals surface area contributed by atoms with Crippen LogP contribution in [0.1, 0.15) is 25.7 Å². The molecule has 2 aliphatic rings. The Kier molecular flexibility index (Phi) is 4.31. The fourth-order valence-electron chi connectivity index (χ4n) is 2.56. The maximum atomic E-state index is 11.9. The summed E-state index contributed by atoms with van der Waals surface area (Å²) in [6, 6.07) is -0.369. The van der Waals surface area contributed by atoms with E-state index in [9.17, 15) is 9.59 Å². The van der Waals surface area contributed by atoms with Crippen molar-refractivity contribution in [1.29, 1.82) is 0 Å². The zero-order chi connectivity index (χ0) is 13.8. The van der Waals surface area contributed by atoms with Crippen LogP contribution in [-0.2, 0) is 4.79 Å². The number of nitrogens with zero attached hydrogens (tertiary/aromatic N) is 1. The molecular weight excluding hydrogens is 244 g/mol. The molecule has 0 spiro atoms. The molecule has 0 atom stereocenters. The SMILES string of the molecule is C#CCN(CC(=O)O)C(=O)NCC(C1CC1)C1CC1. The monoisotopic (exact) mass is 264 g/mol. The largest absolute Gasteiger partial charge is 0.480 e. The third kappa shape index (κ3) is 4.16. The van der Waals surface area contributed by atoms with Gasteiger partial charge in [0.2, 0.25) is 0 Å². The molecule has 0 aliphatic heterocycles.